The summed E-state index contributed by atoms with van der Waals surface area (Å²) in [4.78, 5) is 25.3. The summed E-state index contributed by atoms with van der Waals surface area (Å²) in [5.41, 5.74) is 2.41. The van der Waals surface area contributed by atoms with Gasteiger partial charge in [0.1, 0.15) is 36.2 Å². The molecular weight excluding hydrogens is 560 g/mol. The second-order valence-electron chi connectivity index (χ2n) is 11.3. The molecule has 4 rings (SSSR count). The molecule has 0 saturated carbocycles. The van der Waals surface area contributed by atoms with Crippen LogP contribution in [0.5, 0.6) is 23.0 Å². The lowest BCUT2D eigenvalue weighted by Crippen LogP contribution is -2.26. The topological polar surface area (TPSA) is 134 Å². The molecule has 4 aromatic rings. The molecule has 0 aliphatic carbocycles. The summed E-state index contributed by atoms with van der Waals surface area (Å²) >= 11 is 0. The average Bonchev–Trinajstić information content (AvgIpc) is 3.02. The lowest BCUT2D eigenvalue weighted by molar-refractivity contribution is -0.152. The summed E-state index contributed by atoms with van der Waals surface area (Å²) in [5, 5.41) is 39.0. The fourth-order valence-corrected chi connectivity index (χ4v) is 5.39. The minimum Gasteiger partial charge on any atom is -0.508 e. The number of ether oxygens (including phenoxy) is 2. The van der Waals surface area contributed by atoms with Gasteiger partial charge in [0, 0.05) is 23.7 Å². The van der Waals surface area contributed by atoms with Gasteiger partial charge in [-0.2, -0.15) is 0 Å². The molecule has 0 aromatic heterocycles. The van der Waals surface area contributed by atoms with Crippen LogP contribution in [0.4, 0.5) is 0 Å². The molecule has 0 spiro atoms. The summed E-state index contributed by atoms with van der Waals surface area (Å²) in [6.45, 7) is 3.83. The monoisotopic (exact) mass is 598 g/mol. The van der Waals surface area contributed by atoms with E-state index in [0.29, 0.717) is 12.8 Å². The first-order valence-corrected chi connectivity index (χ1v) is 14.5. The Hall–Kier alpha value is -4.98. The van der Waals surface area contributed by atoms with Crippen molar-refractivity contribution < 1.29 is 39.5 Å². The van der Waals surface area contributed by atoms with E-state index < -0.39 is 22.8 Å². The minimum absolute atomic E-state index is 0.0765. The molecule has 0 radical (unpaired) electrons. The molecule has 0 aliphatic rings. The maximum absolute atomic E-state index is 12.6. The van der Waals surface area contributed by atoms with Crippen molar-refractivity contribution in [2.45, 2.75) is 50.4 Å². The SMILES string of the molecule is CC(CCC(=O)OCCOC(=O)CCC(C)(c1ccc(O)cc1)c1ccc(O)cc1)(c1ccc(O)cc1)c1ccc(O)cc1. The number of esters is 2. The molecule has 8 nitrogen and oxygen atoms in total. The molecule has 4 N–H and O–H groups in total. The molecule has 0 heterocycles. The van der Waals surface area contributed by atoms with E-state index in [-0.39, 0.29) is 49.1 Å². The summed E-state index contributed by atoms with van der Waals surface area (Å²) < 4.78 is 10.7. The van der Waals surface area contributed by atoms with Gasteiger partial charge in [-0.15, -0.1) is 0 Å². The maximum atomic E-state index is 12.6. The standard InChI is InChI=1S/C36H38O8/c1-35(25-3-11-29(37)12-4-25,26-5-13-30(38)14-6-26)21-19-33(41)43-23-24-44-34(42)20-22-36(2,27-7-15-31(39)16-8-27)28-9-17-32(40)18-10-28/h3-18,37-40H,19-24H2,1-2H3. The van der Waals surface area contributed by atoms with Gasteiger partial charge >= 0.3 is 11.9 Å². The zero-order chi connectivity index (χ0) is 31.7. The van der Waals surface area contributed by atoms with Crippen molar-refractivity contribution in [3.8, 4) is 23.0 Å². The van der Waals surface area contributed by atoms with Gasteiger partial charge in [0.15, 0.2) is 0 Å². The third-order valence-electron chi connectivity index (χ3n) is 8.29. The lowest BCUT2D eigenvalue weighted by Gasteiger charge is -2.31. The first kappa shape index (κ1) is 31.9. The van der Waals surface area contributed by atoms with Crippen molar-refractivity contribution in [2.24, 2.45) is 0 Å². The Morgan fingerprint density at radius 1 is 0.477 bits per heavy atom. The van der Waals surface area contributed by atoms with Crippen LogP contribution in [0.25, 0.3) is 0 Å². The minimum atomic E-state index is -0.589. The van der Waals surface area contributed by atoms with Gasteiger partial charge in [0.2, 0.25) is 0 Å². The predicted molar refractivity (Wildman–Crippen MR) is 166 cm³/mol. The Bertz CT molecular complexity index is 1320. The zero-order valence-electron chi connectivity index (χ0n) is 24.9. The molecule has 0 bridgehead atoms. The van der Waals surface area contributed by atoms with E-state index in [9.17, 15) is 30.0 Å². The third-order valence-corrected chi connectivity index (χ3v) is 8.29. The van der Waals surface area contributed by atoms with Crippen LogP contribution in [0.2, 0.25) is 0 Å². The van der Waals surface area contributed by atoms with E-state index in [4.69, 9.17) is 9.47 Å². The molecule has 0 amide bonds. The van der Waals surface area contributed by atoms with Crippen molar-refractivity contribution in [2.75, 3.05) is 13.2 Å². The van der Waals surface area contributed by atoms with Crippen LogP contribution in [0, 0.1) is 0 Å². The van der Waals surface area contributed by atoms with Crippen molar-refractivity contribution in [1.82, 2.24) is 0 Å². The van der Waals surface area contributed by atoms with E-state index in [2.05, 4.69) is 0 Å². The Labute approximate surface area is 257 Å². The first-order chi connectivity index (χ1) is 21.0. The molecule has 0 saturated heterocycles. The van der Waals surface area contributed by atoms with Crippen LogP contribution < -0.4 is 0 Å². The third kappa shape index (κ3) is 7.89. The number of phenolic OH excluding ortho intramolecular Hbond substituents is 4. The molecule has 0 unspecified atom stereocenters. The Kier molecular flexibility index (Phi) is 10.2. The Morgan fingerprint density at radius 3 is 0.932 bits per heavy atom. The van der Waals surface area contributed by atoms with Gasteiger partial charge in [0.05, 0.1) is 0 Å². The second kappa shape index (κ2) is 14.0. The van der Waals surface area contributed by atoms with Gasteiger partial charge < -0.3 is 29.9 Å². The van der Waals surface area contributed by atoms with E-state index in [1.807, 2.05) is 13.8 Å². The smallest absolute Gasteiger partial charge is 0.305 e. The van der Waals surface area contributed by atoms with E-state index >= 15 is 0 Å². The number of rotatable bonds is 13. The molecular formula is C36H38O8. The average molecular weight is 599 g/mol. The highest BCUT2D eigenvalue weighted by Crippen LogP contribution is 2.39. The first-order valence-electron chi connectivity index (χ1n) is 14.5. The lowest BCUT2D eigenvalue weighted by atomic mass is 9.73. The molecule has 0 atom stereocenters. The number of phenols is 4. The van der Waals surface area contributed by atoms with Crippen LogP contribution in [-0.2, 0) is 29.9 Å². The number of carbonyl (C=O) groups excluding carboxylic acids is 2. The second-order valence-corrected chi connectivity index (χ2v) is 11.3. The number of carbonyl (C=O) groups is 2. The van der Waals surface area contributed by atoms with Crippen LogP contribution in [0.15, 0.2) is 97.1 Å². The predicted octanol–water partition coefficient (Wildman–Crippen LogP) is 6.47. The number of hydrogen-bond donors (Lipinski definition) is 4. The van der Waals surface area contributed by atoms with E-state index in [1.165, 1.54) is 0 Å². The molecule has 230 valence electrons. The highest BCUT2D eigenvalue weighted by atomic mass is 16.6. The van der Waals surface area contributed by atoms with Gasteiger partial charge in [-0.25, -0.2) is 0 Å². The summed E-state index contributed by atoms with van der Waals surface area (Å²) in [6, 6.07) is 27.2. The van der Waals surface area contributed by atoms with Crippen LogP contribution in [-0.4, -0.2) is 45.6 Å². The maximum Gasteiger partial charge on any atom is 0.305 e. The van der Waals surface area contributed by atoms with Crippen molar-refractivity contribution >= 4 is 11.9 Å². The highest BCUT2D eigenvalue weighted by molar-refractivity contribution is 5.70. The highest BCUT2D eigenvalue weighted by Gasteiger charge is 2.31. The van der Waals surface area contributed by atoms with Crippen molar-refractivity contribution in [1.29, 1.82) is 0 Å². The number of hydrogen-bond acceptors (Lipinski definition) is 8. The zero-order valence-corrected chi connectivity index (χ0v) is 24.9. The van der Waals surface area contributed by atoms with Crippen LogP contribution in [0.1, 0.15) is 61.8 Å². The number of aromatic hydroxyl groups is 4. The summed E-state index contributed by atoms with van der Waals surface area (Å²) in [6.07, 6.45) is 1.02. The largest absolute Gasteiger partial charge is 0.508 e. The van der Waals surface area contributed by atoms with Gasteiger partial charge in [-0.1, -0.05) is 62.4 Å². The van der Waals surface area contributed by atoms with Gasteiger partial charge in [0.25, 0.3) is 0 Å². The van der Waals surface area contributed by atoms with E-state index in [0.717, 1.165) is 22.3 Å². The Balaban J connectivity index is 1.29. The van der Waals surface area contributed by atoms with Crippen LogP contribution >= 0.6 is 0 Å². The summed E-state index contributed by atoms with van der Waals surface area (Å²) in [5.74, 6) is -0.307. The Morgan fingerprint density at radius 2 is 0.705 bits per heavy atom. The van der Waals surface area contributed by atoms with Crippen LogP contribution in [0.3, 0.4) is 0 Å². The molecule has 0 fully saturated rings. The number of benzene rings is 4. The van der Waals surface area contributed by atoms with E-state index in [1.54, 1.807) is 97.1 Å². The fourth-order valence-electron chi connectivity index (χ4n) is 5.39. The van der Waals surface area contributed by atoms with Gasteiger partial charge in [-0.3, -0.25) is 9.59 Å². The molecule has 4 aromatic carbocycles. The normalized spacial score (nSPS) is 11.6. The molecule has 44 heavy (non-hydrogen) atoms. The van der Waals surface area contributed by atoms with Crippen molar-refractivity contribution in [3.63, 3.8) is 0 Å². The molecule has 0 aliphatic heterocycles. The fraction of sp³-hybridized carbons (Fsp3) is 0.278. The quantitative estimate of drug-likeness (QED) is 0.102. The molecule has 8 heteroatoms. The van der Waals surface area contributed by atoms with Crippen molar-refractivity contribution in [3.05, 3.63) is 119 Å². The van der Waals surface area contributed by atoms with Gasteiger partial charge in [-0.05, 0) is 83.6 Å². The summed E-state index contributed by atoms with van der Waals surface area (Å²) in [7, 11) is 0.